The molecule has 0 bridgehead atoms. The molecule has 2 atom stereocenters. The molecule has 1 aliphatic carbocycles. The Bertz CT molecular complexity index is 2500. The number of para-hydroxylation sites is 2. The van der Waals surface area contributed by atoms with Gasteiger partial charge in [-0.1, -0.05) is 55.8 Å². The van der Waals surface area contributed by atoms with Gasteiger partial charge in [0, 0.05) is 39.3 Å². The molecule has 5 aromatic carbocycles. The van der Waals surface area contributed by atoms with Gasteiger partial charge >= 0.3 is 20.4 Å². The molecule has 8 aromatic rings. The second kappa shape index (κ2) is 11.6. The Kier molecular flexibility index (Phi) is 7.45. The molecule has 0 amide bonds. The zero-order valence-corrected chi connectivity index (χ0v) is 28.9. The molecule has 9 rings (SSSR count). The van der Waals surface area contributed by atoms with Crippen molar-refractivity contribution >= 4 is 42.5 Å². The van der Waals surface area contributed by atoms with Crippen molar-refractivity contribution in [2.45, 2.75) is 31.4 Å². The smallest absolute Gasteiger partial charge is 0.367 e. The van der Waals surface area contributed by atoms with Gasteiger partial charge < -0.3 is 4.57 Å². The van der Waals surface area contributed by atoms with Crippen molar-refractivity contribution in [2.24, 2.45) is 7.05 Å². The van der Waals surface area contributed by atoms with Crippen molar-refractivity contribution in [3.8, 4) is 11.4 Å². The zero-order valence-electron chi connectivity index (χ0n) is 26.6. The van der Waals surface area contributed by atoms with Crippen molar-refractivity contribution < 1.29 is 24.8 Å². The molecule has 2 unspecified atom stereocenters. The predicted octanol–water partition coefficient (Wildman–Crippen LogP) is 10.5. The van der Waals surface area contributed by atoms with Gasteiger partial charge in [-0.2, -0.15) is 18.2 Å². The molecule has 0 saturated heterocycles. The Morgan fingerprint density at radius 2 is 1.58 bits per heavy atom. The number of imidazole rings is 1. The van der Waals surface area contributed by atoms with Crippen LogP contribution in [-0.4, -0.2) is 14.5 Å². The Morgan fingerprint density at radius 3 is 2.42 bits per heavy atom. The summed E-state index contributed by atoms with van der Waals surface area (Å²) >= 11 is 1.84. The molecule has 0 radical (unpaired) electrons. The van der Waals surface area contributed by atoms with Crippen LogP contribution in [0.25, 0.3) is 42.6 Å². The Labute approximate surface area is 296 Å². The minimum atomic E-state index is -1.41. The van der Waals surface area contributed by atoms with E-state index in [0.29, 0.717) is 11.1 Å². The monoisotopic (exact) mass is 733 g/mol. The maximum atomic E-state index is 16.7. The van der Waals surface area contributed by atoms with Crippen LogP contribution < -0.4 is 0 Å². The maximum Gasteiger partial charge on any atom is 2.00 e. The second-order valence-corrected chi connectivity index (χ2v) is 14.0. The van der Waals surface area contributed by atoms with Crippen molar-refractivity contribution in [2.75, 3.05) is 0 Å². The van der Waals surface area contributed by atoms with E-state index in [4.69, 9.17) is 9.97 Å². The Balaban J connectivity index is 0.00000336. The van der Waals surface area contributed by atoms with Gasteiger partial charge in [-0.3, -0.25) is 9.97 Å². The average molecular weight is 734 g/mol. The summed E-state index contributed by atoms with van der Waals surface area (Å²) in [7, 11) is 1.99. The van der Waals surface area contributed by atoms with E-state index in [0.717, 1.165) is 39.2 Å². The number of hydrogen-bond donors (Lipinski definition) is 0. The molecule has 0 saturated carbocycles. The number of alkyl halides is 1. The third kappa shape index (κ3) is 4.70. The van der Waals surface area contributed by atoms with Gasteiger partial charge in [0.2, 0.25) is 0 Å². The van der Waals surface area contributed by atoms with Crippen LogP contribution in [0.4, 0.5) is 4.39 Å². The largest absolute Gasteiger partial charge is 2.00 e. The first-order valence-electron chi connectivity index (χ1n) is 15.9. The second-order valence-electron chi connectivity index (χ2n) is 13.0. The number of halogens is 1. The van der Waals surface area contributed by atoms with E-state index in [9.17, 15) is 0 Å². The number of pyridine rings is 1. The van der Waals surface area contributed by atoms with E-state index >= 15 is 4.39 Å². The van der Waals surface area contributed by atoms with Gasteiger partial charge in [-0.05, 0) is 59.0 Å². The molecule has 0 spiro atoms. The van der Waals surface area contributed by atoms with Gasteiger partial charge in [0.25, 0.3) is 0 Å². The summed E-state index contributed by atoms with van der Waals surface area (Å²) in [6.45, 7) is 4.54. The van der Waals surface area contributed by atoms with Crippen LogP contribution in [-0.2, 0) is 32.9 Å². The van der Waals surface area contributed by atoms with Gasteiger partial charge in [0.1, 0.15) is 6.17 Å². The van der Waals surface area contributed by atoms with Crippen molar-refractivity contribution in [3.05, 3.63) is 167 Å². The van der Waals surface area contributed by atoms with Crippen LogP contribution in [0.3, 0.4) is 0 Å². The molecule has 0 N–H and O–H groups in total. The van der Waals surface area contributed by atoms with Crippen LogP contribution in [0.1, 0.15) is 65.0 Å². The van der Waals surface area contributed by atoms with E-state index < -0.39 is 6.17 Å². The van der Waals surface area contributed by atoms with E-state index in [1.807, 2.05) is 83.7 Å². The van der Waals surface area contributed by atoms with Gasteiger partial charge in [0.15, 0.2) is 0 Å². The topological polar surface area (TPSA) is 30.7 Å². The first-order valence-corrected chi connectivity index (χ1v) is 16.7. The summed E-state index contributed by atoms with van der Waals surface area (Å²) in [5.74, 6) is 0.579. The summed E-state index contributed by atoms with van der Waals surface area (Å²) in [6, 6.07) is 44.0. The van der Waals surface area contributed by atoms with Gasteiger partial charge in [0.05, 0.1) is 22.6 Å². The van der Waals surface area contributed by atoms with Crippen molar-refractivity contribution in [3.63, 3.8) is 0 Å². The Hall–Kier alpha value is -4.47. The third-order valence-electron chi connectivity index (χ3n) is 9.87. The minimum absolute atomic E-state index is 0. The van der Waals surface area contributed by atoms with Crippen LogP contribution >= 0.6 is 11.3 Å². The molecular formula is C42H30FN3PdS. The van der Waals surface area contributed by atoms with Gasteiger partial charge in [-0.25, -0.2) is 4.39 Å². The predicted molar refractivity (Wildman–Crippen MR) is 190 cm³/mol. The molecule has 236 valence electrons. The van der Waals surface area contributed by atoms with E-state index in [2.05, 4.69) is 74.5 Å². The maximum absolute atomic E-state index is 16.7. The quantitative estimate of drug-likeness (QED) is 0.133. The molecule has 6 heteroatoms. The fourth-order valence-electron chi connectivity index (χ4n) is 7.49. The molecule has 3 heterocycles. The van der Waals surface area contributed by atoms with Crippen LogP contribution in [0.15, 0.2) is 115 Å². The number of benzene rings is 5. The average Bonchev–Trinajstić information content (AvgIpc) is 3.65. The van der Waals surface area contributed by atoms with Gasteiger partial charge in [-0.15, -0.1) is 57.9 Å². The van der Waals surface area contributed by atoms with Crippen molar-refractivity contribution in [1.82, 2.24) is 14.5 Å². The minimum Gasteiger partial charge on any atom is -0.367 e. The number of aryl methyl sites for hydroxylation is 1. The fraction of sp³-hybridized carbons (Fsp3) is 0.143. The number of rotatable bonds is 4. The first kappa shape index (κ1) is 30.8. The molecule has 48 heavy (non-hydrogen) atoms. The number of aromatic nitrogens is 3. The summed E-state index contributed by atoms with van der Waals surface area (Å²) in [5.41, 5.74) is 8.87. The standard InChI is InChI=1S/C42H30FN3S.Pd/c1-42(2)32-19-18-26(40(43)25-11-10-12-27(21-25)41-45-34-14-5-6-16-36(34)46(41)3)22-30(32)39(35-15-8-9-20-44-35)31-23-29-28-13-4-7-17-37(28)47-38(29)24-33(31)42;/h4-20,23-24,39-40H,1-3H3;/q-2;+2. The molecule has 1 aliphatic rings. The van der Waals surface area contributed by atoms with Crippen LogP contribution in [0.5, 0.6) is 0 Å². The third-order valence-corrected chi connectivity index (χ3v) is 11.0. The van der Waals surface area contributed by atoms with Crippen LogP contribution in [0, 0.1) is 12.1 Å². The summed E-state index contributed by atoms with van der Waals surface area (Å²) in [5, 5.41) is 2.51. The first-order chi connectivity index (χ1) is 22.9. The van der Waals surface area contributed by atoms with E-state index in [1.54, 1.807) is 6.07 Å². The number of hydrogen-bond acceptors (Lipinski definition) is 3. The van der Waals surface area contributed by atoms with Crippen LogP contribution in [0.2, 0.25) is 0 Å². The number of fused-ring (bicyclic) bond motifs is 6. The SMILES string of the molecule is Cn1c(-c2[c-]c(C(F)c3[c-]c4c(cc3)C(C)(C)c3cc5sc6ccccc6c5cc3C4c3ccccn3)ccc2)nc2ccccc21.[Pd+2]. The fourth-order valence-corrected chi connectivity index (χ4v) is 8.62. The molecule has 0 fully saturated rings. The molecule has 0 aliphatic heterocycles. The van der Waals surface area contributed by atoms with Crippen molar-refractivity contribution in [1.29, 1.82) is 0 Å². The number of nitrogens with zero attached hydrogens (tertiary/aromatic N) is 3. The summed E-state index contributed by atoms with van der Waals surface area (Å²) in [6.07, 6.45) is 0.433. The normalized spacial score (nSPS) is 15.6. The molecule has 3 nitrogen and oxygen atoms in total. The zero-order chi connectivity index (χ0) is 31.9. The summed E-state index contributed by atoms with van der Waals surface area (Å²) < 4.78 is 21.3. The molecule has 3 aromatic heterocycles. The summed E-state index contributed by atoms with van der Waals surface area (Å²) in [4.78, 5) is 9.68. The Morgan fingerprint density at radius 1 is 0.792 bits per heavy atom. The number of thiophene rings is 1. The molecular weight excluding hydrogens is 704 g/mol. The van der Waals surface area contributed by atoms with E-state index in [1.165, 1.54) is 31.3 Å². The van der Waals surface area contributed by atoms with E-state index in [-0.39, 0.29) is 31.8 Å².